The number of hydrogen-bond donors (Lipinski definition) is 2. The molecule has 2 rings (SSSR count). The maximum atomic E-state index is 11.0. The summed E-state index contributed by atoms with van der Waals surface area (Å²) < 4.78 is 4.70. The highest BCUT2D eigenvalue weighted by Crippen LogP contribution is 2.24. The molecule has 1 aromatic heterocycles. The van der Waals surface area contributed by atoms with Crippen molar-refractivity contribution in [3.05, 3.63) is 34.1 Å². The molecule has 0 aliphatic carbocycles. The van der Waals surface area contributed by atoms with Gasteiger partial charge >= 0.3 is 5.97 Å². The number of aryl methyl sites for hydroxylation is 1. The molecule has 0 radical (unpaired) electrons. The molecule has 0 saturated heterocycles. The molecule has 1 aromatic carbocycles. The van der Waals surface area contributed by atoms with Gasteiger partial charge < -0.3 is 10.4 Å². The summed E-state index contributed by atoms with van der Waals surface area (Å²) in [6, 6.07) is 5.02. The van der Waals surface area contributed by atoms with Gasteiger partial charge in [0, 0.05) is 28.1 Å². The second-order valence-electron chi connectivity index (χ2n) is 3.49. The van der Waals surface area contributed by atoms with Crippen LogP contribution in [0.2, 0.25) is 0 Å². The van der Waals surface area contributed by atoms with Crippen LogP contribution >= 0.6 is 27.5 Å². The molecule has 0 amide bonds. The Kier molecular flexibility index (Phi) is 3.93. The van der Waals surface area contributed by atoms with Gasteiger partial charge in [0.05, 0.1) is 5.56 Å². The second-order valence-corrected chi connectivity index (χ2v) is 5.10. The Hall–Kier alpha value is -1.47. The fourth-order valence-corrected chi connectivity index (χ4v) is 2.43. The summed E-state index contributed by atoms with van der Waals surface area (Å²) in [6.07, 6.45) is 0.777. The fraction of sp³-hybridized carbons (Fsp3) is 0.182. The van der Waals surface area contributed by atoms with E-state index in [0.717, 1.165) is 12.2 Å². The first-order valence-corrected chi connectivity index (χ1v) is 6.79. The van der Waals surface area contributed by atoms with E-state index in [2.05, 4.69) is 30.6 Å². The summed E-state index contributed by atoms with van der Waals surface area (Å²) in [5.74, 6) is -0.199. The van der Waals surface area contributed by atoms with E-state index in [1.165, 1.54) is 11.5 Å². The molecule has 0 fully saturated rings. The number of anilines is 2. The predicted molar refractivity (Wildman–Crippen MR) is 73.7 cm³/mol. The minimum absolute atomic E-state index is 0.209. The van der Waals surface area contributed by atoms with Crippen LogP contribution in [0.5, 0.6) is 0 Å². The van der Waals surface area contributed by atoms with E-state index < -0.39 is 5.97 Å². The first kappa shape index (κ1) is 13.0. The third-order valence-electron chi connectivity index (χ3n) is 2.23. The number of carboxylic acids is 1. The highest BCUT2D eigenvalue weighted by atomic mass is 79.9. The van der Waals surface area contributed by atoms with Crippen molar-refractivity contribution in [1.82, 2.24) is 9.36 Å². The number of nitrogens with one attached hydrogen (secondary N) is 1. The average molecular weight is 328 g/mol. The Morgan fingerprint density at radius 2 is 2.33 bits per heavy atom. The summed E-state index contributed by atoms with van der Waals surface area (Å²) in [4.78, 5) is 15.3. The summed E-state index contributed by atoms with van der Waals surface area (Å²) in [5, 5.41) is 12.7. The Balaban J connectivity index is 2.24. The lowest BCUT2D eigenvalue weighted by Gasteiger charge is -2.04. The molecule has 0 bridgehead atoms. The Labute approximate surface area is 116 Å². The molecule has 5 nitrogen and oxygen atoms in total. The van der Waals surface area contributed by atoms with Crippen LogP contribution in [0.3, 0.4) is 0 Å². The zero-order valence-corrected chi connectivity index (χ0v) is 11.9. The number of aromatic carboxylic acids is 1. The summed E-state index contributed by atoms with van der Waals surface area (Å²) in [7, 11) is 0. The summed E-state index contributed by atoms with van der Waals surface area (Å²) in [5.41, 5.74) is 0.884. The average Bonchev–Trinajstić information content (AvgIpc) is 2.79. The maximum absolute atomic E-state index is 11.0. The molecule has 94 valence electrons. The lowest BCUT2D eigenvalue weighted by molar-refractivity contribution is 0.0696. The van der Waals surface area contributed by atoms with Crippen LogP contribution in [0.25, 0.3) is 0 Å². The lowest BCUT2D eigenvalue weighted by Crippen LogP contribution is -1.99. The van der Waals surface area contributed by atoms with Gasteiger partial charge in [-0.25, -0.2) is 9.78 Å². The van der Waals surface area contributed by atoms with Crippen molar-refractivity contribution in [3.8, 4) is 0 Å². The molecule has 0 aliphatic rings. The zero-order chi connectivity index (χ0) is 13.1. The van der Waals surface area contributed by atoms with E-state index in [1.807, 2.05) is 6.92 Å². The van der Waals surface area contributed by atoms with Gasteiger partial charge in [0.15, 0.2) is 0 Å². The second kappa shape index (κ2) is 5.45. The van der Waals surface area contributed by atoms with E-state index in [4.69, 9.17) is 5.11 Å². The molecule has 2 N–H and O–H groups in total. The van der Waals surface area contributed by atoms with Crippen molar-refractivity contribution in [1.29, 1.82) is 0 Å². The van der Waals surface area contributed by atoms with Crippen LogP contribution in [-0.4, -0.2) is 20.4 Å². The fourth-order valence-electron chi connectivity index (χ4n) is 1.34. The maximum Gasteiger partial charge on any atom is 0.336 e. The van der Waals surface area contributed by atoms with E-state index >= 15 is 0 Å². The molecule has 0 spiro atoms. The third-order valence-corrected chi connectivity index (χ3v) is 3.59. The molecule has 0 saturated carbocycles. The Bertz CT molecular complexity index is 585. The minimum atomic E-state index is -0.975. The van der Waals surface area contributed by atoms with Crippen LogP contribution in [-0.2, 0) is 6.42 Å². The highest BCUT2D eigenvalue weighted by molar-refractivity contribution is 9.10. The molecule has 2 aromatic rings. The Morgan fingerprint density at radius 3 is 2.94 bits per heavy atom. The van der Waals surface area contributed by atoms with Gasteiger partial charge in [-0.1, -0.05) is 6.92 Å². The number of benzene rings is 1. The normalized spacial score (nSPS) is 10.3. The SMILES string of the molecule is CCc1nsc(Nc2ccc(Br)c(C(=O)O)c2)n1. The van der Waals surface area contributed by atoms with Crippen molar-refractivity contribution in [2.45, 2.75) is 13.3 Å². The first-order chi connectivity index (χ1) is 8.60. The molecule has 0 atom stereocenters. The molecular formula is C11H10BrN3O2S. The van der Waals surface area contributed by atoms with Gasteiger partial charge in [-0.3, -0.25) is 0 Å². The summed E-state index contributed by atoms with van der Waals surface area (Å²) in [6.45, 7) is 1.98. The van der Waals surface area contributed by atoms with Gasteiger partial charge in [-0.15, -0.1) is 0 Å². The quantitative estimate of drug-likeness (QED) is 0.901. The van der Waals surface area contributed by atoms with Gasteiger partial charge in [0.1, 0.15) is 5.82 Å². The first-order valence-electron chi connectivity index (χ1n) is 5.22. The largest absolute Gasteiger partial charge is 0.478 e. The standard InChI is InChI=1S/C11H10BrN3O2S/c1-2-9-14-11(18-15-9)13-6-3-4-8(12)7(5-6)10(16)17/h3-5H,2H2,1H3,(H,16,17)(H,13,14,15). The van der Waals surface area contributed by atoms with Crippen molar-refractivity contribution < 1.29 is 9.90 Å². The monoisotopic (exact) mass is 327 g/mol. The lowest BCUT2D eigenvalue weighted by atomic mass is 10.2. The van der Waals surface area contributed by atoms with Gasteiger partial charge in [0.25, 0.3) is 0 Å². The van der Waals surface area contributed by atoms with Crippen molar-refractivity contribution >= 4 is 44.3 Å². The van der Waals surface area contributed by atoms with Crippen LogP contribution in [0.15, 0.2) is 22.7 Å². The zero-order valence-electron chi connectivity index (χ0n) is 9.48. The number of hydrogen-bond acceptors (Lipinski definition) is 5. The number of carboxylic acid groups (broad SMARTS) is 1. The van der Waals surface area contributed by atoms with Crippen LogP contribution in [0.4, 0.5) is 10.8 Å². The topological polar surface area (TPSA) is 75.1 Å². The molecule has 1 heterocycles. The number of aromatic nitrogens is 2. The van der Waals surface area contributed by atoms with E-state index in [0.29, 0.717) is 15.3 Å². The van der Waals surface area contributed by atoms with Crippen LogP contribution in [0.1, 0.15) is 23.1 Å². The molecular weight excluding hydrogens is 318 g/mol. The van der Waals surface area contributed by atoms with Gasteiger partial charge in [0.2, 0.25) is 5.13 Å². The van der Waals surface area contributed by atoms with Crippen LogP contribution in [0, 0.1) is 0 Å². The molecule has 18 heavy (non-hydrogen) atoms. The number of halogens is 1. The number of rotatable bonds is 4. The van der Waals surface area contributed by atoms with Crippen molar-refractivity contribution in [2.75, 3.05) is 5.32 Å². The Morgan fingerprint density at radius 1 is 1.56 bits per heavy atom. The number of carbonyl (C=O) groups is 1. The number of nitrogens with zero attached hydrogens (tertiary/aromatic N) is 2. The predicted octanol–water partition coefficient (Wildman–Crippen LogP) is 3.30. The minimum Gasteiger partial charge on any atom is -0.478 e. The van der Waals surface area contributed by atoms with Gasteiger partial charge in [-0.05, 0) is 34.1 Å². The smallest absolute Gasteiger partial charge is 0.336 e. The van der Waals surface area contributed by atoms with Crippen LogP contribution < -0.4 is 5.32 Å². The highest BCUT2D eigenvalue weighted by Gasteiger charge is 2.10. The van der Waals surface area contributed by atoms with Gasteiger partial charge in [-0.2, -0.15) is 4.37 Å². The molecule has 0 unspecified atom stereocenters. The van der Waals surface area contributed by atoms with Crippen molar-refractivity contribution in [3.63, 3.8) is 0 Å². The molecule has 0 aliphatic heterocycles. The summed E-state index contributed by atoms with van der Waals surface area (Å²) >= 11 is 4.45. The van der Waals surface area contributed by atoms with E-state index in [9.17, 15) is 4.79 Å². The third kappa shape index (κ3) is 2.85. The van der Waals surface area contributed by atoms with E-state index in [-0.39, 0.29) is 5.56 Å². The van der Waals surface area contributed by atoms with E-state index in [1.54, 1.807) is 18.2 Å². The van der Waals surface area contributed by atoms with Crippen molar-refractivity contribution in [2.24, 2.45) is 0 Å². The molecule has 7 heteroatoms.